The maximum atomic E-state index is 9.05. The van der Waals surface area contributed by atoms with E-state index in [-0.39, 0.29) is 0 Å². The second-order valence-corrected chi connectivity index (χ2v) is 6.92. The van der Waals surface area contributed by atoms with Gasteiger partial charge in [0, 0.05) is 27.9 Å². The van der Waals surface area contributed by atoms with Crippen LogP contribution < -0.4 is 4.90 Å². The monoisotopic (exact) mass is 300 g/mol. The third kappa shape index (κ3) is 1.88. The number of rotatable bonds is 1. The van der Waals surface area contributed by atoms with Crippen molar-refractivity contribution in [2.24, 2.45) is 0 Å². The predicted octanol–water partition coefficient (Wildman–Crippen LogP) is 3.82. The van der Waals surface area contributed by atoms with Crippen LogP contribution in [0.5, 0.6) is 0 Å². The van der Waals surface area contributed by atoms with Crippen molar-refractivity contribution >= 4 is 47.2 Å². The predicted molar refractivity (Wildman–Crippen MR) is 85.0 cm³/mol. The largest absolute Gasteiger partial charge is 0.378 e. The highest BCUT2D eigenvalue weighted by atomic mass is 32.1. The van der Waals surface area contributed by atoms with E-state index in [2.05, 4.69) is 23.1 Å². The lowest BCUT2D eigenvalue weighted by molar-refractivity contribution is 0.123. The van der Waals surface area contributed by atoms with Crippen molar-refractivity contribution in [2.75, 3.05) is 31.2 Å². The molecule has 0 radical (unpaired) electrons. The van der Waals surface area contributed by atoms with Crippen LogP contribution in [0, 0.1) is 11.3 Å². The molecule has 4 rings (SSSR count). The first-order valence-electron chi connectivity index (χ1n) is 6.54. The van der Waals surface area contributed by atoms with Gasteiger partial charge < -0.3 is 9.64 Å². The van der Waals surface area contributed by atoms with Crippen molar-refractivity contribution in [2.45, 2.75) is 0 Å². The molecule has 0 atom stereocenters. The van der Waals surface area contributed by atoms with Gasteiger partial charge in [0.1, 0.15) is 0 Å². The van der Waals surface area contributed by atoms with Crippen molar-refractivity contribution in [1.29, 1.82) is 5.26 Å². The van der Waals surface area contributed by atoms with Crippen LogP contribution in [0.2, 0.25) is 0 Å². The Morgan fingerprint density at radius 2 is 1.95 bits per heavy atom. The summed E-state index contributed by atoms with van der Waals surface area (Å²) < 4.78 is 9.30. The molecule has 0 aliphatic carbocycles. The van der Waals surface area contributed by atoms with Gasteiger partial charge in [-0.15, -0.1) is 22.7 Å². The van der Waals surface area contributed by atoms with E-state index in [1.54, 1.807) is 0 Å². The number of morpholine rings is 1. The number of nitrogens with zero attached hydrogens (tertiary/aromatic N) is 2. The summed E-state index contributed by atoms with van der Waals surface area (Å²) >= 11 is 3.64. The van der Waals surface area contributed by atoms with Crippen LogP contribution >= 0.6 is 22.7 Å². The van der Waals surface area contributed by atoms with Crippen LogP contribution in [0.25, 0.3) is 19.5 Å². The van der Waals surface area contributed by atoms with Crippen LogP contribution in [0.3, 0.4) is 0 Å². The van der Waals surface area contributed by atoms with Crippen LogP contribution in [0.1, 0.15) is 5.56 Å². The normalized spacial score (nSPS) is 15.8. The summed E-state index contributed by atoms with van der Waals surface area (Å²) in [6.45, 7) is 3.56. The van der Waals surface area contributed by atoms with Crippen molar-refractivity contribution in [3.05, 3.63) is 29.8 Å². The molecule has 0 saturated carbocycles. The minimum Gasteiger partial charge on any atom is -0.378 e. The molecule has 3 aromatic rings. The molecular weight excluding hydrogens is 288 g/mol. The van der Waals surface area contributed by atoms with E-state index in [0.717, 1.165) is 31.9 Å². The molecule has 20 heavy (non-hydrogen) atoms. The van der Waals surface area contributed by atoms with Gasteiger partial charge in [-0.2, -0.15) is 5.26 Å². The fourth-order valence-corrected chi connectivity index (χ4v) is 5.09. The SMILES string of the molecule is N#Cc1ccc2sc3cc(N4CCOCC4)sc3c2c1. The first-order valence-corrected chi connectivity index (χ1v) is 8.17. The quantitative estimate of drug-likeness (QED) is 0.685. The highest BCUT2D eigenvalue weighted by molar-refractivity contribution is 7.34. The fourth-order valence-electron chi connectivity index (χ4n) is 2.55. The van der Waals surface area contributed by atoms with E-state index in [1.807, 2.05) is 34.8 Å². The van der Waals surface area contributed by atoms with Crippen molar-refractivity contribution in [3.63, 3.8) is 0 Å². The van der Waals surface area contributed by atoms with Crippen molar-refractivity contribution < 1.29 is 4.74 Å². The number of fused-ring (bicyclic) bond motifs is 3. The Hall–Kier alpha value is -1.61. The zero-order valence-corrected chi connectivity index (χ0v) is 12.4. The molecule has 3 heterocycles. The zero-order valence-electron chi connectivity index (χ0n) is 10.8. The van der Waals surface area contributed by atoms with Gasteiger partial charge in [-0.3, -0.25) is 0 Å². The van der Waals surface area contributed by atoms with Crippen LogP contribution in [0.15, 0.2) is 24.3 Å². The summed E-state index contributed by atoms with van der Waals surface area (Å²) in [6.07, 6.45) is 0. The topological polar surface area (TPSA) is 36.3 Å². The van der Waals surface area contributed by atoms with Gasteiger partial charge in [0.05, 0.1) is 34.5 Å². The van der Waals surface area contributed by atoms with Crippen LogP contribution in [-0.2, 0) is 4.74 Å². The Morgan fingerprint density at radius 1 is 1.10 bits per heavy atom. The Labute approximate surface area is 124 Å². The summed E-state index contributed by atoms with van der Waals surface area (Å²) in [4.78, 5) is 2.39. The lowest BCUT2D eigenvalue weighted by Crippen LogP contribution is -2.35. The third-order valence-electron chi connectivity index (χ3n) is 3.58. The molecule has 1 saturated heterocycles. The Morgan fingerprint density at radius 3 is 2.75 bits per heavy atom. The summed E-state index contributed by atoms with van der Waals surface area (Å²) in [5.41, 5.74) is 0.735. The van der Waals surface area contributed by atoms with E-state index >= 15 is 0 Å². The molecule has 100 valence electrons. The van der Waals surface area contributed by atoms with Crippen molar-refractivity contribution in [1.82, 2.24) is 0 Å². The van der Waals surface area contributed by atoms with E-state index < -0.39 is 0 Å². The van der Waals surface area contributed by atoms with Gasteiger partial charge in [-0.25, -0.2) is 0 Å². The smallest absolute Gasteiger partial charge is 0.0991 e. The number of hydrogen-bond donors (Lipinski definition) is 0. The third-order valence-corrected chi connectivity index (χ3v) is 6.06. The van der Waals surface area contributed by atoms with Crippen LogP contribution in [-0.4, -0.2) is 26.3 Å². The summed E-state index contributed by atoms with van der Waals surface area (Å²) in [6, 6.07) is 10.5. The molecule has 0 N–H and O–H groups in total. The molecule has 0 unspecified atom stereocenters. The average Bonchev–Trinajstić information content (AvgIpc) is 3.05. The average molecular weight is 300 g/mol. The first-order chi connectivity index (χ1) is 9.85. The molecular formula is C15H12N2OS2. The number of anilines is 1. The van der Waals surface area contributed by atoms with Gasteiger partial charge in [-0.1, -0.05) is 0 Å². The molecule has 2 aromatic heterocycles. The molecule has 3 nitrogen and oxygen atoms in total. The standard InChI is InChI=1S/C15H12N2OS2/c16-9-10-1-2-12-11(7-10)15-13(19-12)8-14(20-15)17-3-5-18-6-4-17/h1-2,7-8H,3-6H2. The minimum absolute atomic E-state index is 0.735. The highest BCUT2D eigenvalue weighted by Crippen LogP contribution is 2.43. The number of ether oxygens (including phenoxy) is 1. The summed E-state index contributed by atoms with van der Waals surface area (Å²) in [7, 11) is 0. The van der Waals surface area contributed by atoms with Gasteiger partial charge in [0.2, 0.25) is 0 Å². The summed E-state index contributed by atoms with van der Waals surface area (Å²) in [5.74, 6) is 0. The molecule has 5 heteroatoms. The first kappa shape index (κ1) is 12.2. The molecule has 0 bridgehead atoms. The number of thiophene rings is 2. The zero-order chi connectivity index (χ0) is 13.5. The molecule has 1 fully saturated rings. The van der Waals surface area contributed by atoms with E-state index in [4.69, 9.17) is 10.00 Å². The van der Waals surface area contributed by atoms with Gasteiger partial charge in [0.15, 0.2) is 0 Å². The Bertz CT molecular complexity index is 821. The summed E-state index contributed by atoms with van der Waals surface area (Å²) in [5, 5.41) is 11.6. The van der Waals surface area contributed by atoms with E-state index in [1.165, 1.54) is 24.5 Å². The van der Waals surface area contributed by atoms with Crippen LogP contribution in [0.4, 0.5) is 5.00 Å². The number of hydrogen-bond acceptors (Lipinski definition) is 5. The highest BCUT2D eigenvalue weighted by Gasteiger charge is 2.16. The Kier molecular flexibility index (Phi) is 2.88. The van der Waals surface area contributed by atoms with Gasteiger partial charge in [-0.05, 0) is 24.3 Å². The molecule has 1 aliphatic rings. The minimum atomic E-state index is 0.735. The molecule has 1 aromatic carbocycles. The lowest BCUT2D eigenvalue weighted by atomic mass is 10.2. The number of nitriles is 1. The fraction of sp³-hybridized carbons (Fsp3) is 0.267. The number of benzene rings is 1. The van der Waals surface area contributed by atoms with E-state index in [0.29, 0.717) is 0 Å². The second-order valence-electron chi connectivity index (χ2n) is 4.80. The lowest BCUT2D eigenvalue weighted by Gasteiger charge is -2.27. The maximum absolute atomic E-state index is 9.05. The van der Waals surface area contributed by atoms with Crippen molar-refractivity contribution in [3.8, 4) is 6.07 Å². The maximum Gasteiger partial charge on any atom is 0.0991 e. The van der Waals surface area contributed by atoms with Gasteiger partial charge >= 0.3 is 0 Å². The molecule has 0 spiro atoms. The molecule has 0 amide bonds. The van der Waals surface area contributed by atoms with E-state index in [9.17, 15) is 0 Å². The Balaban J connectivity index is 1.84. The van der Waals surface area contributed by atoms with Gasteiger partial charge in [0.25, 0.3) is 0 Å². The molecule has 1 aliphatic heterocycles. The second kappa shape index (κ2) is 4.74.